The molecule has 1 heterocycles. The van der Waals surface area contributed by atoms with Crippen molar-refractivity contribution in [3.05, 3.63) is 70.4 Å². The Kier molecular flexibility index (Phi) is 4.66. The van der Waals surface area contributed by atoms with E-state index in [9.17, 15) is 19.7 Å². The Hall–Kier alpha value is -3.68. The normalized spacial score (nSPS) is 10.5. The summed E-state index contributed by atoms with van der Waals surface area (Å²) in [6, 6.07) is 12.7. The SMILES string of the molecule is Cn1cc(C(=O)OCC(=O)Nc2ccc([N+](=O)[O-])cc2)c2ccccc21. The van der Waals surface area contributed by atoms with E-state index in [1.54, 1.807) is 6.20 Å². The van der Waals surface area contributed by atoms with Crippen LogP contribution in [0.3, 0.4) is 0 Å². The number of ether oxygens (including phenoxy) is 1. The van der Waals surface area contributed by atoms with Gasteiger partial charge >= 0.3 is 5.97 Å². The largest absolute Gasteiger partial charge is 0.452 e. The predicted molar refractivity (Wildman–Crippen MR) is 94.9 cm³/mol. The number of para-hydroxylation sites is 1. The summed E-state index contributed by atoms with van der Waals surface area (Å²) in [5.74, 6) is -1.13. The Bertz CT molecular complexity index is 992. The van der Waals surface area contributed by atoms with E-state index in [4.69, 9.17) is 4.74 Å². The lowest BCUT2D eigenvalue weighted by Crippen LogP contribution is -2.20. The minimum absolute atomic E-state index is 0.0783. The first-order valence-corrected chi connectivity index (χ1v) is 7.71. The number of nitro benzene ring substituents is 1. The summed E-state index contributed by atoms with van der Waals surface area (Å²) < 4.78 is 6.88. The second-order valence-corrected chi connectivity index (χ2v) is 5.60. The number of benzene rings is 2. The van der Waals surface area contributed by atoms with Gasteiger partial charge in [0.2, 0.25) is 0 Å². The van der Waals surface area contributed by atoms with Gasteiger partial charge in [0.05, 0.1) is 10.5 Å². The van der Waals surface area contributed by atoms with Crippen molar-refractivity contribution in [3.8, 4) is 0 Å². The summed E-state index contributed by atoms with van der Waals surface area (Å²) in [6.45, 7) is -0.459. The first-order valence-electron chi connectivity index (χ1n) is 7.71. The molecule has 0 aliphatic carbocycles. The number of nitrogens with zero attached hydrogens (tertiary/aromatic N) is 2. The van der Waals surface area contributed by atoms with Crippen molar-refractivity contribution < 1.29 is 19.2 Å². The number of carbonyl (C=O) groups excluding carboxylic acids is 2. The second-order valence-electron chi connectivity index (χ2n) is 5.60. The quantitative estimate of drug-likeness (QED) is 0.431. The number of aryl methyl sites for hydroxylation is 1. The minimum atomic E-state index is -0.597. The Morgan fingerprint density at radius 2 is 1.85 bits per heavy atom. The Morgan fingerprint density at radius 3 is 2.54 bits per heavy atom. The molecule has 3 aromatic rings. The van der Waals surface area contributed by atoms with Crippen LogP contribution in [-0.4, -0.2) is 28.0 Å². The number of aromatic nitrogens is 1. The van der Waals surface area contributed by atoms with E-state index in [1.165, 1.54) is 24.3 Å². The summed E-state index contributed by atoms with van der Waals surface area (Å²) in [7, 11) is 1.82. The zero-order valence-electron chi connectivity index (χ0n) is 13.8. The van der Waals surface area contributed by atoms with E-state index < -0.39 is 23.4 Å². The predicted octanol–water partition coefficient (Wildman–Crippen LogP) is 2.88. The lowest BCUT2D eigenvalue weighted by Gasteiger charge is -2.06. The van der Waals surface area contributed by atoms with E-state index in [1.807, 2.05) is 35.9 Å². The summed E-state index contributed by atoms with van der Waals surface area (Å²) in [4.78, 5) is 34.2. The topological polar surface area (TPSA) is 103 Å². The van der Waals surface area contributed by atoms with Crippen LogP contribution in [0, 0.1) is 10.1 Å². The highest BCUT2D eigenvalue weighted by Crippen LogP contribution is 2.21. The highest BCUT2D eigenvalue weighted by atomic mass is 16.6. The van der Waals surface area contributed by atoms with E-state index in [0.717, 1.165) is 10.9 Å². The van der Waals surface area contributed by atoms with E-state index in [0.29, 0.717) is 11.3 Å². The number of hydrogen-bond acceptors (Lipinski definition) is 5. The maximum atomic E-state index is 12.3. The summed E-state index contributed by atoms with van der Waals surface area (Å²) >= 11 is 0. The molecule has 2 aromatic carbocycles. The molecule has 0 radical (unpaired) electrons. The molecule has 0 spiro atoms. The highest BCUT2D eigenvalue weighted by Gasteiger charge is 2.16. The molecule has 3 rings (SSSR count). The first-order chi connectivity index (χ1) is 12.5. The minimum Gasteiger partial charge on any atom is -0.452 e. The van der Waals surface area contributed by atoms with Gasteiger partial charge in [0.25, 0.3) is 11.6 Å². The number of hydrogen-bond donors (Lipinski definition) is 1. The summed E-state index contributed by atoms with van der Waals surface area (Å²) in [6.07, 6.45) is 1.65. The molecule has 0 fully saturated rings. The molecule has 0 atom stereocenters. The van der Waals surface area contributed by atoms with Gasteiger partial charge in [0, 0.05) is 42.0 Å². The molecule has 0 aliphatic heterocycles. The van der Waals surface area contributed by atoms with E-state index in [-0.39, 0.29) is 5.69 Å². The lowest BCUT2D eigenvalue weighted by atomic mass is 10.2. The molecule has 1 N–H and O–H groups in total. The number of non-ortho nitro benzene ring substituents is 1. The van der Waals surface area contributed by atoms with Crippen molar-refractivity contribution in [2.45, 2.75) is 0 Å². The van der Waals surface area contributed by atoms with Crippen LogP contribution in [0.1, 0.15) is 10.4 Å². The smallest absolute Gasteiger partial charge is 0.340 e. The van der Waals surface area contributed by atoms with Crippen LogP contribution >= 0.6 is 0 Å². The van der Waals surface area contributed by atoms with Crippen LogP contribution in [0.5, 0.6) is 0 Å². The monoisotopic (exact) mass is 353 g/mol. The molecule has 0 bridgehead atoms. The fourth-order valence-corrected chi connectivity index (χ4v) is 2.58. The van der Waals surface area contributed by atoms with E-state index in [2.05, 4.69) is 5.32 Å². The molecule has 26 heavy (non-hydrogen) atoms. The molecule has 1 amide bonds. The van der Waals surface area contributed by atoms with Crippen LogP contribution in [0.2, 0.25) is 0 Å². The zero-order valence-corrected chi connectivity index (χ0v) is 13.8. The van der Waals surface area contributed by atoms with Gasteiger partial charge in [-0.25, -0.2) is 4.79 Å². The fourth-order valence-electron chi connectivity index (χ4n) is 2.58. The van der Waals surface area contributed by atoms with Crippen molar-refractivity contribution in [1.29, 1.82) is 0 Å². The van der Waals surface area contributed by atoms with Gasteiger partial charge in [-0.3, -0.25) is 14.9 Å². The molecule has 132 valence electrons. The third-order valence-corrected chi connectivity index (χ3v) is 3.81. The second kappa shape index (κ2) is 7.06. The van der Waals surface area contributed by atoms with Gasteiger partial charge in [0.1, 0.15) is 0 Å². The van der Waals surface area contributed by atoms with Crippen LogP contribution < -0.4 is 5.32 Å². The van der Waals surface area contributed by atoms with Crippen LogP contribution in [0.15, 0.2) is 54.7 Å². The maximum absolute atomic E-state index is 12.3. The molecule has 0 saturated heterocycles. The summed E-state index contributed by atoms with van der Waals surface area (Å²) in [5.41, 5.74) is 1.56. The van der Waals surface area contributed by atoms with Crippen LogP contribution in [0.25, 0.3) is 10.9 Å². The zero-order chi connectivity index (χ0) is 18.7. The van der Waals surface area contributed by atoms with Gasteiger partial charge in [-0.1, -0.05) is 18.2 Å². The van der Waals surface area contributed by atoms with Gasteiger partial charge in [0.15, 0.2) is 6.61 Å². The molecule has 1 aromatic heterocycles. The lowest BCUT2D eigenvalue weighted by molar-refractivity contribution is -0.384. The Labute approximate surface area is 148 Å². The van der Waals surface area contributed by atoms with Crippen molar-refractivity contribution in [2.75, 3.05) is 11.9 Å². The van der Waals surface area contributed by atoms with Crippen molar-refractivity contribution >= 4 is 34.2 Å². The van der Waals surface area contributed by atoms with Gasteiger partial charge in [-0.2, -0.15) is 0 Å². The van der Waals surface area contributed by atoms with Gasteiger partial charge in [-0.15, -0.1) is 0 Å². The molecular formula is C18H15N3O5. The summed E-state index contributed by atoms with van der Waals surface area (Å²) in [5, 5.41) is 13.9. The van der Waals surface area contributed by atoms with E-state index >= 15 is 0 Å². The number of carbonyl (C=O) groups is 2. The maximum Gasteiger partial charge on any atom is 0.340 e. The molecular weight excluding hydrogens is 338 g/mol. The Morgan fingerprint density at radius 1 is 1.15 bits per heavy atom. The van der Waals surface area contributed by atoms with Gasteiger partial charge < -0.3 is 14.6 Å². The van der Waals surface area contributed by atoms with Gasteiger partial charge in [-0.05, 0) is 18.2 Å². The number of amides is 1. The number of nitrogens with one attached hydrogen (secondary N) is 1. The number of nitro groups is 1. The number of anilines is 1. The standard InChI is InChI=1S/C18H15N3O5/c1-20-10-15(14-4-2-3-5-16(14)20)18(23)26-11-17(22)19-12-6-8-13(9-7-12)21(24)25/h2-10H,11H2,1H3,(H,19,22). The highest BCUT2D eigenvalue weighted by molar-refractivity contribution is 6.05. The average molecular weight is 353 g/mol. The van der Waals surface area contributed by atoms with Crippen LogP contribution in [0.4, 0.5) is 11.4 Å². The Balaban J connectivity index is 1.62. The fraction of sp³-hybridized carbons (Fsp3) is 0.111. The average Bonchev–Trinajstić information content (AvgIpc) is 2.97. The first kappa shape index (κ1) is 17.2. The molecule has 0 aliphatic rings. The number of esters is 1. The van der Waals surface area contributed by atoms with Crippen LogP contribution in [-0.2, 0) is 16.6 Å². The third-order valence-electron chi connectivity index (χ3n) is 3.81. The molecule has 8 nitrogen and oxygen atoms in total. The van der Waals surface area contributed by atoms with Crippen molar-refractivity contribution in [1.82, 2.24) is 4.57 Å². The third kappa shape index (κ3) is 3.54. The number of fused-ring (bicyclic) bond motifs is 1. The van der Waals surface area contributed by atoms with Crippen molar-refractivity contribution in [3.63, 3.8) is 0 Å². The van der Waals surface area contributed by atoms with Crippen molar-refractivity contribution in [2.24, 2.45) is 7.05 Å². The molecule has 8 heteroatoms. The molecule has 0 saturated carbocycles. The number of rotatable bonds is 5. The molecule has 0 unspecified atom stereocenters.